The Hall–Kier alpha value is -1.90. The number of fused-ring (bicyclic) bond motifs is 1. The van der Waals surface area contributed by atoms with Gasteiger partial charge in [-0.15, -0.1) is 0 Å². The molecule has 0 spiro atoms. The van der Waals surface area contributed by atoms with E-state index in [1.54, 1.807) is 28.6 Å². The first kappa shape index (κ1) is 22.8. The number of thiol groups is 1. The molecule has 1 saturated heterocycles. The summed E-state index contributed by atoms with van der Waals surface area (Å²) in [4.78, 5) is 29.8. The summed E-state index contributed by atoms with van der Waals surface area (Å²) >= 11 is 5.82. The lowest BCUT2D eigenvalue weighted by Crippen LogP contribution is -2.60. The molecule has 162 valence electrons. The number of anilines is 1. The van der Waals surface area contributed by atoms with Gasteiger partial charge in [0.2, 0.25) is 5.91 Å². The van der Waals surface area contributed by atoms with Gasteiger partial charge >= 0.3 is 0 Å². The fourth-order valence-corrected chi connectivity index (χ4v) is 4.38. The fourth-order valence-electron chi connectivity index (χ4n) is 3.73. The number of amides is 2. The molecule has 3 N–H and O–H groups in total. The van der Waals surface area contributed by atoms with Gasteiger partial charge in [0.25, 0.3) is 5.91 Å². The summed E-state index contributed by atoms with van der Waals surface area (Å²) in [5.41, 5.74) is 7.51. The number of likely N-dealkylation sites (N-methyl/N-ethyl adjacent to an activating group) is 1. The molecule has 2 aromatic carbocycles. The lowest BCUT2D eigenvalue weighted by molar-refractivity contribution is -0.138. The predicted octanol–water partition coefficient (Wildman–Crippen LogP) is 2.54. The maximum atomic E-state index is 13.5. The summed E-state index contributed by atoms with van der Waals surface area (Å²) in [6.45, 7) is 3.72. The van der Waals surface area contributed by atoms with Crippen molar-refractivity contribution in [3.63, 3.8) is 0 Å². The van der Waals surface area contributed by atoms with Crippen molar-refractivity contribution in [2.75, 3.05) is 44.0 Å². The summed E-state index contributed by atoms with van der Waals surface area (Å²) < 4.78 is 0. The van der Waals surface area contributed by atoms with Crippen molar-refractivity contribution >= 4 is 52.7 Å². The highest BCUT2D eigenvalue weighted by molar-refractivity contribution is 7.99. The van der Waals surface area contributed by atoms with E-state index in [1.807, 2.05) is 49.6 Å². The third-order valence-corrected chi connectivity index (χ3v) is 7.10. The van der Waals surface area contributed by atoms with Gasteiger partial charge < -0.3 is 20.9 Å². The largest absolute Gasteiger partial charge is 0.383 e. The molecule has 8 heteroatoms. The van der Waals surface area contributed by atoms with Crippen molar-refractivity contribution in [1.29, 1.82) is 0 Å². The van der Waals surface area contributed by atoms with Crippen LogP contribution in [0.5, 0.6) is 0 Å². The highest BCUT2D eigenvalue weighted by atomic mass is 32.2. The Bertz CT molecular complexity index is 923. The second-order valence-corrected chi connectivity index (χ2v) is 9.29. The summed E-state index contributed by atoms with van der Waals surface area (Å²) in [5, 5.41) is 5.19. The number of carbonyl (C=O) groups excluding carboxylic acids is 2. The maximum absolute atomic E-state index is 13.5. The van der Waals surface area contributed by atoms with Crippen LogP contribution in [0.25, 0.3) is 10.8 Å². The number of nitrogens with one attached hydrogen (secondary N) is 1. The van der Waals surface area contributed by atoms with E-state index in [0.29, 0.717) is 31.0 Å². The summed E-state index contributed by atoms with van der Waals surface area (Å²) in [6, 6.07) is 11.2. The fraction of sp³-hybridized carbons (Fsp3) is 0.455. The first-order chi connectivity index (χ1) is 14.4. The van der Waals surface area contributed by atoms with Crippen LogP contribution < -0.4 is 11.1 Å². The number of piperazine rings is 1. The minimum Gasteiger partial charge on any atom is -0.383 e. The SMILES string of the molecule is CSC(C)C1C(=O)N(C)CCN1C(=O)c1cccc2cc(NCC(N)CS)ccc12. The van der Waals surface area contributed by atoms with E-state index in [4.69, 9.17) is 5.73 Å². The molecular formula is C22H30N4O2S2. The first-order valence-corrected chi connectivity index (χ1v) is 12.0. The minimum absolute atomic E-state index is 0.00343. The molecule has 3 unspecified atom stereocenters. The van der Waals surface area contributed by atoms with Gasteiger partial charge in [0.05, 0.1) is 0 Å². The Morgan fingerprint density at radius 2 is 2.10 bits per heavy atom. The van der Waals surface area contributed by atoms with Gasteiger partial charge in [0, 0.05) is 55.0 Å². The molecule has 1 fully saturated rings. The topological polar surface area (TPSA) is 78.7 Å². The van der Waals surface area contributed by atoms with E-state index in [9.17, 15) is 9.59 Å². The quantitative estimate of drug-likeness (QED) is 0.570. The third kappa shape index (κ3) is 4.71. The van der Waals surface area contributed by atoms with Crippen LogP contribution in [0.15, 0.2) is 36.4 Å². The molecule has 0 saturated carbocycles. The highest BCUT2D eigenvalue weighted by Crippen LogP contribution is 2.27. The van der Waals surface area contributed by atoms with Crippen molar-refractivity contribution in [3.05, 3.63) is 42.0 Å². The molecule has 2 amide bonds. The van der Waals surface area contributed by atoms with E-state index in [0.717, 1.165) is 16.5 Å². The van der Waals surface area contributed by atoms with Crippen LogP contribution in [-0.2, 0) is 4.79 Å². The molecule has 0 radical (unpaired) electrons. The second kappa shape index (κ2) is 9.94. The molecule has 1 heterocycles. The number of carbonyl (C=O) groups is 2. The summed E-state index contributed by atoms with van der Waals surface area (Å²) in [5.74, 6) is 0.521. The van der Waals surface area contributed by atoms with Gasteiger partial charge in [-0.05, 0) is 35.2 Å². The normalized spacial score (nSPS) is 19.1. The van der Waals surface area contributed by atoms with Crippen molar-refractivity contribution in [3.8, 4) is 0 Å². The lowest BCUT2D eigenvalue weighted by Gasteiger charge is -2.41. The lowest BCUT2D eigenvalue weighted by atomic mass is 10.0. The van der Waals surface area contributed by atoms with E-state index >= 15 is 0 Å². The van der Waals surface area contributed by atoms with Crippen LogP contribution >= 0.6 is 24.4 Å². The zero-order chi connectivity index (χ0) is 21.8. The van der Waals surface area contributed by atoms with Crippen LogP contribution in [0.1, 0.15) is 17.3 Å². The van der Waals surface area contributed by atoms with Gasteiger partial charge in [-0.2, -0.15) is 24.4 Å². The van der Waals surface area contributed by atoms with Crippen LogP contribution in [-0.4, -0.2) is 77.6 Å². The number of nitrogens with zero attached hydrogens (tertiary/aromatic N) is 2. The summed E-state index contributed by atoms with van der Waals surface area (Å²) in [7, 11) is 1.80. The monoisotopic (exact) mass is 446 g/mol. The van der Waals surface area contributed by atoms with E-state index in [2.05, 4.69) is 17.9 Å². The molecule has 3 rings (SSSR count). The molecular weight excluding hydrogens is 416 g/mol. The average Bonchev–Trinajstić information content (AvgIpc) is 2.77. The maximum Gasteiger partial charge on any atom is 0.255 e. The molecule has 6 nitrogen and oxygen atoms in total. The van der Waals surface area contributed by atoms with Crippen molar-refractivity contribution < 1.29 is 9.59 Å². The minimum atomic E-state index is -0.454. The molecule has 1 aliphatic heterocycles. The molecule has 0 bridgehead atoms. The van der Waals surface area contributed by atoms with Gasteiger partial charge in [-0.3, -0.25) is 9.59 Å². The number of hydrogen-bond acceptors (Lipinski definition) is 6. The van der Waals surface area contributed by atoms with Gasteiger partial charge in [0.1, 0.15) is 6.04 Å². The molecule has 30 heavy (non-hydrogen) atoms. The Labute approximate surface area is 187 Å². The smallest absolute Gasteiger partial charge is 0.255 e. The van der Waals surface area contributed by atoms with E-state index in [-0.39, 0.29) is 23.1 Å². The van der Waals surface area contributed by atoms with Crippen LogP contribution in [0.3, 0.4) is 0 Å². The molecule has 2 aromatic rings. The molecule has 0 aliphatic carbocycles. The molecule has 3 atom stereocenters. The summed E-state index contributed by atoms with van der Waals surface area (Å²) in [6.07, 6.45) is 1.97. The Morgan fingerprint density at radius 1 is 1.33 bits per heavy atom. The van der Waals surface area contributed by atoms with Crippen LogP contribution in [0.4, 0.5) is 5.69 Å². The van der Waals surface area contributed by atoms with Crippen molar-refractivity contribution in [2.24, 2.45) is 5.73 Å². The van der Waals surface area contributed by atoms with Crippen molar-refractivity contribution in [2.45, 2.75) is 24.3 Å². The van der Waals surface area contributed by atoms with Crippen LogP contribution in [0, 0.1) is 0 Å². The Balaban J connectivity index is 1.91. The average molecular weight is 447 g/mol. The Morgan fingerprint density at radius 3 is 2.80 bits per heavy atom. The Kier molecular flexibility index (Phi) is 7.55. The zero-order valence-corrected chi connectivity index (χ0v) is 19.4. The van der Waals surface area contributed by atoms with Gasteiger partial charge in [-0.1, -0.05) is 25.1 Å². The standard InChI is InChI=1S/C22H30N4O2S2/c1-14(30-3)20-22(28)25(2)9-10-26(20)21(27)19-6-4-5-15-11-17(7-8-18(15)19)24-12-16(23)13-29/h4-8,11,14,16,20,24,29H,9-10,12-13,23H2,1-3H3. The van der Waals surface area contributed by atoms with E-state index in [1.165, 1.54) is 0 Å². The number of hydrogen-bond donors (Lipinski definition) is 3. The number of benzene rings is 2. The number of rotatable bonds is 7. The van der Waals surface area contributed by atoms with Gasteiger partial charge in [0.15, 0.2) is 0 Å². The third-order valence-electron chi connectivity index (χ3n) is 5.63. The number of nitrogens with two attached hydrogens (primary N) is 1. The zero-order valence-electron chi connectivity index (χ0n) is 17.7. The second-order valence-electron chi connectivity index (χ2n) is 7.71. The highest BCUT2D eigenvalue weighted by Gasteiger charge is 2.39. The van der Waals surface area contributed by atoms with E-state index < -0.39 is 6.04 Å². The molecule has 0 aromatic heterocycles. The predicted molar refractivity (Wildman–Crippen MR) is 130 cm³/mol. The van der Waals surface area contributed by atoms with Crippen molar-refractivity contribution in [1.82, 2.24) is 9.80 Å². The first-order valence-electron chi connectivity index (χ1n) is 10.1. The molecule has 1 aliphatic rings. The van der Waals surface area contributed by atoms with Gasteiger partial charge in [-0.25, -0.2) is 0 Å². The number of thioether (sulfide) groups is 1. The van der Waals surface area contributed by atoms with Crippen LogP contribution in [0.2, 0.25) is 0 Å².